The standard InChI is InChI=1S/C18H31BN4O2S/c1-17(2)18(3,4)25-19(24-17)14-11-21-16(22-12-14)26-13-15-7-5-6-9-23(15)10-8-20/h11-12,15H,5-10,13,20H2,1-4H3. The lowest BCUT2D eigenvalue weighted by Crippen LogP contribution is -2.43. The van der Waals surface area contributed by atoms with Gasteiger partial charge < -0.3 is 15.0 Å². The summed E-state index contributed by atoms with van der Waals surface area (Å²) in [5.74, 6) is 1.01. The Morgan fingerprint density at radius 3 is 2.46 bits per heavy atom. The Morgan fingerprint density at radius 1 is 1.19 bits per heavy atom. The molecule has 0 radical (unpaired) electrons. The zero-order chi connectivity index (χ0) is 18.8. The Labute approximate surface area is 161 Å². The molecule has 2 aliphatic heterocycles. The quantitative estimate of drug-likeness (QED) is 0.459. The molecule has 6 nitrogen and oxygen atoms in total. The first-order valence-corrected chi connectivity index (χ1v) is 10.6. The number of rotatable bonds is 6. The van der Waals surface area contributed by atoms with Crippen molar-refractivity contribution in [2.75, 3.05) is 25.4 Å². The summed E-state index contributed by atoms with van der Waals surface area (Å²) >= 11 is 1.72. The van der Waals surface area contributed by atoms with Crippen LogP contribution in [0.2, 0.25) is 0 Å². The van der Waals surface area contributed by atoms with Gasteiger partial charge in [0.2, 0.25) is 0 Å². The second-order valence-corrected chi connectivity index (χ2v) is 9.16. The van der Waals surface area contributed by atoms with Gasteiger partial charge in [-0.2, -0.15) is 0 Å². The van der Waals surface area contributed by atoms with Gasteiger partial charge >= 0.3 is 7.12 Å². The summed E-state index contributed by atoms with van der Waals surface area (Å²) < 4.78 is 12.1. The molecule has 0 saturated carbocycles. The van der Waals surface area contributed by atoms with E-state index in [1.807, 2.05) is 12.4 Å². The van der Waals surface area contributed by atoms with E-state index in [4.69, 9.17) is 15.0 Å². The number of hydrogen-bond donors (Lipinski definition) is 1. The highest BCUT2D eigenvalue weighted by Gasteiger charge is 2.51. The van der Waals surface area contributed by atoms with Crippen LogP contribution in [0.3, 0.4) is 0 Å². The molecule has 0 aromatic carbocycles. The molecule has 2 aliphatic rings. The van der Waals surface area contributed by atoms with Gasteiger partial charge in [0.15, 0.2) is 5.16 Å². The van der Waals surface area contributed by atoms with Crippen LogP contribution in [0.1, 0.15) is 47.0 Å². The van der Waals surface area contributed by atoms with Crippen LogP contribution in [0.25, 0.3) is 0 Å². The van der Waals surface area contributed by atoms with Crippen LogP contribution in [-0.4, -0.2) is 64.6 Å². The highest BCUT2D eigenvalue weighted by molar-refractivity contribution is 7.99. The molecular formula is C18H31BN4O2S. The van der Waals surface area contributed by atoms with Crippen LogP contribution in [0, 0.1) is 0 Å². The molecule has 0 spiro atoms. The number of nitrogens with zero attached hydrogens (tertiary/aromatic N) is 3. The molecule has 2 N–H and O–H groups in total. The molecule has 1 atom stereocenters. The summed E-state index contributed by atoms with van der Waals surface area (Å²) in [7, 11) is -0.405. The van der Waals surface area contributed by atoms with Crippen LogP contribution >= 0.6 is 11.8 Å². The van der Waals surface area contributed by atoms with Crippen LogP contribution < -0.4 is 11.2 Å². The van der Waals surface area contributed by atoms with Crippen molar-refractivity contribution in [3.63, 3.8) is 0 Å². The van der Waals surface area contributed by atoms with E-state index in [9.17, 15) is 0 Å². The van der Waals surface area contributed by atoms with Crippen molar-refractivity contribution >= 4 is 24.3 Å². The maximum absolute atomic E-state index is 6.06. The molecule has 0 amide bonds. The summed E-state index contributed by atoms with van der Waals surface area (Å²) in [5.41, 5.74) is 5.92. The molecule has 1 unspecified atom stereocenters. The van der Waals surface area contributed by atoms with Gasteiger partial charge in [-0.15, -0.1) is 0 Å². The first-order chi connectivity index (χ1) is 12.3. The molecule has 0 aliphatic carbocycles. The number of aromatic nitrogens is 2. The zero-order valence-corrected chi connectivity index (χ0v) is 17.2. The van der Waals surface area contributed by atoms with E-state index >= 15 is 0 Å². The minimum atomic E-state index is -0.405. The topological polar surface area (TPSA) is 73.5 Å². The number of nitrogens with two attached hydrogens (primary N) is 1. The van der Waals surface area contributed by atoms with Crippen molar-refractivity contribution in [1.82, 2.24) is 14.9 Å². The summed E-state index contributed by atoms with van der Waals surface area (Å²) in [5, 5.41) is 0.809. The van der Waals surface area contributed by atoms with Crippen LogP contribution in [0.5, 0.6) is 0 Å². The highest BCUT2D eigenvalue weighted by atomic mass is 32.2. The second-order valence-electron chi connectivity index (χ2n) is 8.17. The molecule has 1 aromatic heterocycles. The SMILES string of the molecule is CC1(C)OB(c2cnc(SCC3CCCCN3CCN)nc2)OC1(C)C. The number of thioether (sulfide) groups is 1. The average Bonchev–Trinajstić information content (AvgIpc) is 2.82. The van der Waals surface area contributed by atoms with Crippen molar-refractivity contribution in [2.24, 2.45) is 5.73 Å². The maximum atomic E-state index is 6.06. The van der Waals surface area contributed by atoms with Gasteiger partial charge in [0.1, 0.15) is 0 Å². The van der Waals surface area contributed by atoms with Gasteiger partial charge in [-0.25, -0.2) is 9.97 Å². The van der Waals surface area contributed by atoms with E-state index in [2.05, 4.69) is 42.6 Å². The Hall–Kier alpha value is -0.665. The fourth-order valence-corrected chi connectivity index (χ4v) is 4.35. The largest absolute Gasteiger partial charge is 0.498 e. The average molecular weight is 378 g/mol. The lowest BCUT2D eigenvalue weighted by Gasteiger charge is -2.35. The van der Waals surface area contributed by atoms with Crippen molar-refractivity contribution in [3.05, 3.63) is 12.4 Å². The highest BCUT2D eigenvalue weighted by Crippen LogP contribution is 2.36. The summed E-state index contributed by atoms with van der Waals surface area (Å²) in [6, 6.07) is 0.573. The first kappa shape index (κ1) is 20.1. The third-order valence-electron chi connectivity index (χ3n) is 5.74. The first-order valence-electron chi connectivity index (χ1n) is 9.57. The normalized spacial score (nSPS) is 25.6. The van der Waals surface area contributed by atoms with Crippen molar-refractivity contribution in [3.8, 4) is 0 Å². The van der Waals surface area contributed by atoms with Crippen LogP contribution in [0.15, 0.2) is 17.6 Å². The Bertz CT molecular complexity index is 581. The summed E-state index contributed by atoms with van der Waals surface area (Å²) in [6.07, 6.45) is 7.47. The molecule has 3 heterocycles. The Kier molecular flexibility index (Phi) is 6.29. The molecule has 2 fully saturated rings. The summed E-state index contributed by atoms with van der Waals surface area (Å²) in [4.78, 5) is 11.6. The molecule has 26 heavy (non-hydrogen) atoms. The lowest BCUT2D eigenvalue weighted by atomic mass is 9.81. The second kappa shape index (κ2) is 8.14. The minimum Gasteiger partial charge on any atom is -0.399 e. The maximum Gasteiger partial charge on any atom is 0.498 e. The molecule has 0 bridgehead atoms. The van der Waals surface area contributed by atoms with E-state index in [1.165, 1.54) is 19.3 Å². The molecule has 1 aromatic rings. The molecular weight excluding hydrogens is 347 g/mol. The van der Waals surface area contributed by atoms with E-state index in [0.29, 0.717) is 6.04 Å². The molecule has 2 saturated heterocycles. The predicted molar refractivity (Wildman–Crippen MR) is 107 cm³/mol. The molecule has 3 rings (SSSR count). The van der Waals surface area contributed by atoms with Gasteiger partial charge in [0.25, 0.3) is 0 Å². The minimum absolute atomic E-state index is 0.349. The van der Waals surface area contributed by atoms with Gasteiger partial charge in [-0.3, -0.25) is 4.90 Å². The van der Waals surface area contributed by atoms with Gasteiger partial charge in [0.05, 0.1) is 11.2 Å². The Balaban J connectivity index is 1.57. The fraction of sp³-hybridized carbons (Fsp3) is 0.778. The predicted octanol–water partition coefficient (Wildman–Crippen LogP) is 1.68. The number of piperidine rings is 1. The summed E-state index contributed by atoms with van der Waals surface area (Å²) in [6.45, 7) is 11.1. The monoisotopic (exact) mass is 378 g/mol. The number of hydrogen-bond acceptors (Lipinski definition) is 7. The van der Waals surface area contributed by atoms with E-state index in [0.717, 1.165) is 36.0 Å². The van der Waals surface area contributed by atoms with Crippen molar-refractivity contribution < 1.29 is 9.31 Å². The van der Waals surface area contributed by atoms with Gasteiger partial charge in [-0.05, 0) is 47.1 Å². The van der Waals surface area contributed by atoms with Crippen molar-refractivity contribution in [2.45, 2.75) is 69.4 Å². The fourth-order valence-electron chi connectivity index (χ4n) is 3.38. The number of likely N-dealkylation sites (tertiary alicyclic amines) is 1. The Morgan fingerprint density at radius 2 is 1.85 bits per heavy atom. The third kappa shape index (κ3) is 4.42. The molecule has 144 valence electrons. The smallest absolute Gasteiger partial charge is 0.399 e. The zero-order valence-electron chi connectivity index (χ0n) is 16.4. The third-order valence-corrected chi connectivity index (χ3v) is 6.76. The van der Waals surface area contributed by atoms with E-state index in [1.54, 1.807) is 11.8 Å². The molecule has 8 heteroatoms. The van der Waals surface area contributed by atoms with Crippen LogP contribution in [-0.2, 0) is 9.31 Å². The lowest BCUT2D eigenvalue weighted by molar-refractivity contribution is 0.00578. The van der Waals surface area contributed by atoms with E-state index in [-0.39, 0.29) is 11.2 Å². The van der Waals surface area contributed by atoms with Gasteiger partial charge in [0, 0.05) is 42.7 Å². The van der Waals surface area contributed by atoms with E-state index < -0.39 is 7.12 Å². The van der Waals surface area contributed by atoms with Gasteiger partial charge in [-0.1, -0.05) is 18.2 Å². The van der Waals surface area contributed by atoms with Crippen LogP contribution in [0.4, 0.5) is 0 Å². The van der Waals surface area contributed by atoms with Crippen molar-refractivity contribution in [1.29, 1.82) is 0 Å².